The highest BCUT2D eigenvalue weighted by Crippen LogP contribution is 2.60. The fraction of sp³-hybridized carbons (Fsp3) is 0.571. The number of rotatable bonds is 6. The maximum absolute atomic E-state index is 13.3. The molecule has 5 rings (SSSR count). The molecular weight excluding hydrogens is 501 g/mol. The predicted octanol–water partition coefficient (Wildman–Crippen LogP) is 3.34. The van der Waals surface area contributed by atoms with Gasteiger partial charge in [-0.05, 0) is 37.5 Å². The van der Waals surface area contributed by atoms with Gasteiger partial charge in [-0.25, -0.2) is 17.2 Å². The van der Waals surface area contributed by atoms with Crippen molar-refractivity contribution in [3.8, 4) is 5.75 Å². The molecule has 3 fully saturated rings. The molecule has 8 nitrogen and oxygen atoms in total. The number of ether oxygens (including phenoxy) is 1. The Bertz CT molecular complexity index is 1310. The summed E-state index contributed by atoms with van der Waals surface area (Å²) in [6.07, 6.45) is -5.81. The van der Waals surface area contributed by atoms with Crippen molar-refractivity contribution in [2.24, 2.45) is 5.92 Å². The van der Waals surface area contributed by atoms with Gasteiger partial charge in [-0.15, -0.1) is 0 Å². The van der Waals surface area contributed by atoms with Crippen molar-refractivity contribution in [3.63, 3.8) is 0 Å². The van der Waals surface area contributed by atoms with E-state index in [2.05, 4.69) is 10.1 Å². The molecule has 1 aromatic heterocycles. The first-order chi connectivity index (χ1) is 16.1. The van der Waals surface area contributed by atoms with Gasteiger partial charge in [-0.2, -0.15) is 18.2 Å². The molecule has 0 bridgehead atoms. The highest BCUT2D eigenvalue weighted by Gasteiger charge is 2.66. The van der Waals surface area contributed by atoms with Gasteiger partial charge in [0.2, 0.25) is 5.89 Å². The lowest BCUT2D eigenvalue weighted by Crippen LogP contribution is -2.35. The van der Waals surface area contributed by atoms with Crippen LogP contribution in [0.25, 0.3) is 0 Å². The second kappa shape index (κ2) is 7.37. The number of likely N-dealkylation sites (tertiary alicyclic amines) is 1. The summed E-state index contributed by atoms with van der Waals surface area (Å²) in [5, 5.41) is 3.85. The van der Waals surface area contributed by atoms with Gasteiger partial charge in [0, 0.05) is 25.8 Å². The second-order valence-corrected chi connectivity index (χ2v) is 11.5. The van der Waals surface area contributed by atoms with E-state index in [-0.39, 0.29) is 47.6 Å². The van der Waals surface area contributed by atoms with E-state index in [0.717, 1.165) is 31.4 Å². The van der Waals surface area contributed by atoms with Crippen LogP contribution in [0.3, 0.4) is 0 Å². The quantitative estimate of drug-likeness (QED) is 0.538. The Morgan fingerprint density at radius 3 is 2.57 bits per heavy atom. The number of alkyl halides is 5. The topological polar surface area (TPSA) is 103 Å². The van der Waals surface area contributed by atoms with Gasteiger partial charge in [0.1, 0.15) is 11.7 Å². The Morgan fingerprint density at radius 1 is 1.29 bits per heavy atom. The Labute approximate surface area is 196 Å². The summed E-state index contributed by atoms with van der Waals surface area (Å²) >= 11 is 0. The third-order valence-electron chi connectivity index (χ3n) is 6.82. The van der Waals surface area contributed by atoms with Crippen LogP contribution < -0.4 is 4.74 Å². The predicted molar refractivity (Wildman–Crippen MR) is 108 cm³/mol. The Hall–Kier alpha value is -2.77. The summed E-state index contributed by atoms with van der Waals surface area (Å²) in [5.74, 6) is -5.16. The van der Waals surface area contributed by atoms with E-state index in [4.69, 9.17) is 9.26 Å². The molecule has 0 N–H and O–H groups in total. The minimum absolute atomic E-state index is 0.0773. The minimum Gasteiger partial charge on any atom is -0.480 e. The largest absolute Gasteiger partial charge is 0.480 e. The number of aromatic nitrogens is 2. The second-order valence-electron chi connectivity index (χ2n) is 9.45. The standard InChI is InChI=1S/C21H20F5N3O5S/c1-10(21(24,25)26)33-15-4-3-12(35(2,31)32)5-13(15)17(30)29-8-11-6-19(11,9-29)18-27-16(34-28-18)14-7-20(14,22)23/h3-5,10-11,14H,6-9H2,1-2H3. The Kier molecular flexibility index (Phi) is 5.04. The van der Waals surface area contributed by atoms with E-state index in [1.807, 2.05) is 0 Å². The number of piperidine rings is 1. The molecule has 35 heavy (non-hydrogen) atoms. The first-order valence-corrected chi connectivity index (χ1v) is 12.6. The van der Waals surface area contributed by atoms with Crippen LogP contribution in [0.2, 0.25) is 0 Å². The summed E-state index contributed by atoms with van der Waals surface area (Å²) in [7, 11) is -3.76. The van der Waals surface area contributed by atoms with Gasteiger partial charge < -0.3 is 14.2 Å². The number of nitrogens with zero attached hydrogens (tertiary/aromatic N) is 3. The molecule has 0 spiro atoms. The third-order valence-corrected chi connectivity index (χ3v) is 7.93. The van der Waals surface area contributed by atoms with Crippen LogP contribution in [0.4, 0.5) is 22.0 Å². The number of sulfone groups is 1. The number of benzene rings is 1. The zero-order chi connectivity index (χ0) is 25.6. The van der Waals surface area contributed by atoms with Gasteiger partial charge in [-0.1, -0.05) is 5.16 Å². The third kappa shape index (κ3) is 4.15. The van der Waals surface area contributed by atoms with E-state index >= 15 is 0 Å². The average Bonchev–Trinajstić information content (AvgIpc) is 3.43. The zero-order valence-electron chi connectivity index (χ0n) is 18.5. The summed E-state index contributed by atoms with van der Waals surface area (Å²) in [6.45, 7) is 1.06. The molecular formula is C21H20F5N3O5S. The lowest BCUT2D eigenvalue weighted by atomic mass is 10.1. The normalized spacial score (nSPS) is 27.9. The fourth-order valence-electron chi connectivity index (χ4n) is 4.48. The maximum atomic E-state index is 13.3. The average molecular weight is 521 g/mol. The number of hydrogen-bond acceptors (Lipinski definition) is 7. The van der Waals surface area contributed by atoms with Crippen LogP contribution in [-0.2, 0) is 15.3 Å². The van der Waals surface area contributed by atoms with Crippen molar-refractivity contribution in [1.29, 1.82) is 0 Å². The van der Waals surface area contributed by atoms with E-state index in [1.54, 1.807) is 0 Å². The van der Waals surface area contributed by atoms with Gasteiger partial charge in [0.25, 0.3) is 11.8 Å². The van der Waals surface area contributed by atoms with E-state index in [9.17, 15) is 35.2 Å². The van der Waals surface area contributed by atoms with Gasteiger partial charge in [-0.3, -0.25) is 4.79 Å². The fourth-order valence-corrected chi connectivity index (χ4v) is 5.13. The van der Waals surface area contributed by atoms with E-state index in [0.29, 0.717) is 6.42 Å². The van der Waals surface area contributed by atoms with Crippen LogP contribution in [0.15, 0.2) is 27.6 Å². The van der Waals surface area contributed by atoms with Crippen LogP contribution >= 0.6 is 0 Å². The zero-order valence-corrected chi connectivity index (χ0v) is 19.3. The van der Waals surface area contributed by atoms with E-state index < -0.39 is 51.0 Å². The SMILES string of the molecule is CC(Oc1ccc(S(C)(=O)=O)cc1C(=O)N1CC2CC2(c2noc(C3CC3(F)F)n2)C1)C(F)(F)F. The highest BCUT2D eigenvalue weighted by atomic mass is 32.2. The lowest BCUT2D eigenvalue weighted by Gasteiger charge is -2.24. The lowest BCUT2D eigenvalue weighted by molar-refractivity contribution is -0.189. The van der Waals surface area contributed by atoms with Crippen LogP contribution in [0.5, 0.6) is 5.75 Å². The summed E-state index contributed by atoms with van der Waals surface area (Å²) in [6, 6.07) is 3.09. The summed E-state index contributed by atoms with van der Waals surface area (Å²) < 4.78 is 99.9. The van der Waals surface area contributed by atoms with Gasteiger partial charge in [0.05, 0.1) is 15.9 Å². The molecule has 1 aromatic carbocycles. The molecule has 3 aliphatic rings. The molecule has 2 aromatic rings. The van der Waals surface area contributed by atoms with Crippen molar-refractivity contribution >= 4 is 15.7 Å². The minimum atomic E-state index is -4.70. The van der Waals surface area contributed by atoms with Crippen molar-refractivity contribution in [2.45, 2.75) is 54.2 Å². The number of carbonyl (C=O) groups is 1. The molecule has 1 aliphatic heterocycles. The molecule has 4 unspecified atom stereocenters. The first-order valence-electron chi connectivity index (χ1n) is 10.7. The maximum Gasteiger partial charge on any atom is 0.425 e. The highest BCUT2D eigenvalue weighted by molar-refractivity contribution is 7.90. The van der Waals surface area contributed by atoms with Crippen molar-refractivity contribution in [1.82, 2.24) is 15.0 Å². The Balaban J connectivity index is 1.40. The van der Waals surface area contributed by atoms with Crippen LogP contribution in [0, 0.1) is 5.92 Å². The monoisotopic (exact) mass is 521 g/mol. The smallest absolute Gasteiger partial charge is 0.425 e. The molecule has 2 saturated carbocycles. The Morgan fingerprint density at radius 2 is 1.97 bits per heavy atom. The number of amides is 1. The molecule has 4 atom stereocenters. The van der Waals surface area contributed by atoms with Crippen LogP contribution in [0.1, 0.15) is 47.8 Å². The van der Waals surface area contributed by atoms with Crippen molar-refractivity contribution in [3.05, 3.63) is 35.5 Å². The summed E-state index contributed by atoms with van der Waals surface area (Å²) in [5.41, 5.74) is -1.03. The molecule has 1 saturated heterocycles. The first kappa shape index (κ1) is 23.9. The summed E-state index contributed by atoms with van der Waals surface area (Å²) in [4.78, 5) is 18.6. The molecule has 0 radical (unpaired) electrons. The van der Waals surface area contributed by atoms with Crippen molar-refractivity contribution < 1.29 is 44.4 Å². The van der Waals surface area contributed by atoms with Gasteiger partial charge in [0.15, 0.2) is 21.8 Å². The number of halogens is 5. The number of hydrogen-bond donors (Lipinski definition) is 0. The molecule has 14 heteroatoms. The molecule has 1 amide bonds. The molecule has 2 heterocycles. The van der Waals surface area contributed by atoms with Gasteiger partial charge >= 0.3 is 6.18 Å². The number of carbonyl (C=O) groups excluding carboxylic acids is 1. The number of fused-ring (bicyclic) bond motifs is 1. The van der Waals surface area contributed by atoms with E-state index in [1.165, 1.54) is 4.90 Å². The van der Waals surface area contributed by atoms with Crippen molar-refractivity contribution in [2.75, 3.05) is 19.3 Å². The molecule has 190 valence electrons. The van der Waals surface area contributed by atoms with Crippen LogP contribution in [-0.4, -0.2) is 66.9 Å². The molecule has 2 aliphatic carbocycles.